The van der Waals surface area contributed by atoms with Gasteiger partial charge >= 0.3 is 0 Å². The van der Waals surface area contributed by atoms with E-state index in [1.807, 2.05) is 24.3 Å². The molecule has 94 valence electrons. The fourth-order valence-electron chi connectivity index (χ4n) is 2.65. The standard InChI is InChI=1S/C14H14N2O.ClH/c15-14(17)13-9-5-1-3-7-11(9)16-12-8-4-2-6-10(12)13;/h1,3,5,7H,2,4,6,8H2,(H2,15,17);1H. The van der Waals surface area contributed by atoms with Crippen LogP contribution in [0.3, 0.4) is 0 Å². The van der Waals surface area contributed by atoms with Gasteiger partial charge in [0.25, 0.3) is 0 Å². The van der Waals surface area contributed by atoms with Crippen LogP contribution in [-0.2, 0) is 12.8 Å². The number of pyridine rings is 1. The van der Waals surface area contributed by atoms with E-state index in [1.54, 1.807) is 0 Å². The average molecular weight is 263 g/mol. The van der Waals surface area contributed by atoms with Gasteiger partial charge in [0.1, 0.15) is 0 Å². The molecule has 0 spiro atoms. The number of carbonyl (C=O) groups is 1. The van der Waals surface area contributed by atoms with Gasteiger partial charge in [0, 0.05) is 11.1 Å². The molecular weight excluding hydrogens is 248 g/mol. The van der Waals surface area contributed by atoms with E-state index >= 15 is 0 Å². The Kier molecular flexibility index (Phi) is 3.53. The molecule has 0 saturated heterocycles. The van der Waals surface area contributed by atoms with Crippen LogP contribution in [-0.4, -0.2) is 10.9 Å². The van der Waals surface area contributed by atoms with Crippen LogP contribution in [0.15, 0.2) is 24.3 Å². The first-order valence-electron chi connectivity index (χ1n) is 5.97. The van der Waals surface area contributed by atoms with Gasteiger partial charge in [0.2, 0.25) is 5.91 Å². The lowest BCUT2D eigenvalue weighted by atomic mass is 9.89. The molecule has 1 amide bonds. The number of nitrogens with two attached hydrogens (primary N) is 1. The maximum atomic E-state index is 11.7. The van der Waals surface area contributed by atoms with Gasteiger partial charge in [-0.3, -0.25) is 9.78 Å². The van der Waals surface area contributed by atoms with Crippen LogP contribution in [0.25, 0.3) is 10.9 Å². The van der Waals surface area contributed by atoms with Crippen LogP contribution in [0.2, 0.25) is 0 Å². The SMILES string of the molecule is Cl.NC(=O)c1c2c(nc3ccccc13)CCCC2. The number of rotatable bonds is 1. The summed E-state index contributed by atoms with van der Waals surface area (Å²) < 4.78 is 0. The fourth-order valence-corrected chi connectivity index (χ4v) is 2.65. The summed E-state index contributed by atoms with van der Waals surface area (Å²) in [5, 5.41) is 0.889. The maximum Gasteiger partial charge on any atom is 0.249 e. The number of benzene rings is 1. The fraction of sp³-hybridized carbons (Fsp3) is 0.286. The quantitative estimate of drug-likeness (QED) is 0.859. The molecule has 0 bridgehead atoms. The van der Waals surface area contributed by atoms with Crippen molar-refractivity contribution in [3.8, 4) is 0 Å². The van der Waals surface area contributed by atoms with Gasteiger partial charge in [-0.05, 0) is 37.3 Å². The van der Waals surface area contributed by atoms with E-state index in [2.05, 4.69) is 4.98 Å². The van der Waals surface area contributed by atoms with E-state index in [1.165, 1.54) is 0 Å². The predicted octanol–water partition coefficient (Wildman–Crippen LogP) is 2.63. The first kappa shape index (κ1) is 12.8. The van der Waals surface area contributed by atoms with Crippen molar-refractivity contribution in [2.75, 3.05) is 0 Å². The normalized spacial score (nSPS) is 13.8. The lowest BCUT2D eigenvalue weighted by Gasteiger charge is -2.19. The molecule has 0 unspecified atom stereocenters. The molecule has 18 heavy (non-hydrogen) atoms. The second kappa shape index (κ2) is 4.94. The second-order valence-corrected chi connectivity index (χ2v) is 4.50. The molecule has 1 aromatic carbocycles. The van der Waals surface area contributed by atoms with Crippen LogP contribution in [0, 0.1) is 0 Å². The molecular formula is C14H15ClN2O. The number of aryl methyl sites for hydroxylation is 1. The zero-order chi connectivity index (χ0) is 11.8. The Balaban J connectivity index is 0.00000120. The van der Waals surface area contributed by atoms with E-state index in [-0.39, 0.29) is 18.3 Å². The number of fused-ring (bicyclic) bond motifs is 2. The highest BCUT2D eigenvalue weighted by molar-refractivity contribution is 6.07. The van der Waals surface area contributed by atoms with Crippen LogP contribution < -0.4 is 5.73 Å². The Morgan fingerprint density at radius 3 is 2.67 bits per heavy atom. The number of halogens is 1. The Hall–Kier alpha value is -1.61. The minimum absolute atomic E-state index is 0. The Morgan fingerprint density at radius 2 is 1.89 bits per heavy atom. The van der Waals surface area contributed by atoms with E-state index in [9.17, 15) is 4.79 Å². The summed E-state index contributed by atoms with van der Waals surface area (Å²) in [5.41, 5.74) is 9.23. The minimum atomic E-state index is -0.332. The number of nitrogens with zero attached hydrogens (tertiary/aromatic N) is 1. The zero-order valence-electron chi connectivity index (χ0n) is 9.98. The van der Waals surface area contributed by atoms with E-state index in [4.69, 9.17) is 5.73 Å². The Morgan fingerprint density at radius 1 is 1.17 bits per heavy atom. The van der Waals surface area contributed by atoms with Crippen LogP contribution >= 0.6 is 12.4 Å². The molecule has 0 aliphatic heterocycles. The van der Waals surface area contributed by atoms with Gasteiger partial charge in [-0.2, -0.15) is 0 Å². The van der Waals surface area contributed by atoms with Crippen molar-refractivity contribution in [1.82, 2.24) is 4.98 Å². The molecule has 4 heteroatoms. The summed E-state index contributed by atoms with van der Waals surface area (Å²) in [7, 11) is 0. The van der Waals surface area contributed by atoms with Crippen molar-refractivity contribution in [3.05, 3.63) is 41.1 Å². The smallest absolute Gasteiger partial charge is 0.249 e. The van der Waals surface area contributed by atoms with Crippen LogP contribution in [0.4, 0.5) is 0 Å². The third-order valence-electron chi connectivity index (χ3n) is 3.42. The predicted molar refractivity (Wildman–Crippen MR) is 74.2 cm³/mol. The van der Waals surface area contributed by atoms with Crippen molar-refractivity contribution in [2.45, 2.75) is 25.7 Å². The number of hydrogen-bond donors (Lipinski definition) is 1. The molecule has 1 aliphatic carbocycles. The molecule has 3 nitrogen and oxygen atoms in total. The van der Waals surface area contributed by atoms with Gasteiger partial charge in [-0.1, -0.05) is 18.2 Å². The summed E-state index contributed by atoms with van der Waals surface area (Å²) in [5.74, 6) is -0.332. The number of aromatic nitrogens is 1. The van der Waals surface area contributed by atoms with Crippen molar-refractivity contribution in [2.24, 2.45) is 5.73 Å². The number of para-hydroxylation sites is 1. The highest BCUT2D eigenvalue weighted by Crippen LogP contribution is 2.28. The first-order valence-corrected chi connectivity index (χ1v) is 5.97. The Bertz CT molecular complexity index is 610. The van der Waals surface area contributed by atoms with Gasteiger partial charge < -0.3 is 5.73 Å². The molecule has 1 aromatic heterocycles. The van der Waals surface area contributed by atoms with E-state index in [0.29, 0.717) is 5.56 Å². The summed E-state index contributed by atoms with van der Waals surface area (Å²) in [6, 6.07) is 7.73. The highest BCUT2D eigenvalue weighted by Gasteiger charge is 2.20. The number of primary amides is 1. The average Bonchev–Trinajstić information content (AvgIpc) is 2.35. The third kappa shape index (κ3) is 1.95. The first-order chi connectivity index (χ1) is 8.27. The molecule has 0 atom stereocenters. The summed E-state index contributed by atoms with van der Waals surface area (Å²) in [4.78, 5) is 16.3. The van der Waals surface area contributed by atoms with Crippen LogP contribution in [0.5, 0.6) is 0 Å². The lowest BCUT2D eigenvalue weighted by molar-refractivity contribution is 0.100. The van der Waals surface area contributed by atoms with E-state index in [0.717, 1.165) is 47.8 Å². The Labute approximate surface area is 112 Å². The van der Waals surface area contributed by atoms with Gasteiger partial charge in [-0.25, -0.2) is 0 Å². The monoisotopic (exact) mass is 262 g/mol. The van der Waals surface area contributed by atoms with Crippen molar-refractivity contribution in [3.63, 3.8) is 0 Å². The lowest BCUT2D eigenvalue weighted by Crippen LogP contribution is -2.19. The van der Waals surface area contributed by atoms with Gasteiger partial charge in [-0.15, -0.1) is 12.4 Å². The molecule has 1 heterocycles. The third-order valence-corrected chi connectivity index (χ3v) is 3.42. The van der Waals surface area contributed by atoms with Crippen molar-refractivity contribution < 1.29 is 4.79 Å². The summed E-state index contributed by atoms with van der Waals surface area (Å²) in [6.07, 6.45) is 4.15. The van der Waals surface area contributed by atoms with E-state index < -0.39 is 0 Å². The minimum Gasteiger partial charge on any atom is -0.366 e. The maximum absolute atomic E-state index is 11.7. The second-order valence-electron chi connectivity index (χ2n) is 4.50. The number of hydrogen-bond acceptors (Lipinski definition) is 2. The number of amides is 1. The summed E-state index contributed by atoms with van der Waals surface area (Å²) >= 11 is 0. The largest absolute Gasteiger partial charge is 0.366 e. The summed E-state index contributed by atoms with van der Waals surface area (Å²) in [6.45, 7) is 0. The molecule has 0 saturated carbocycles. The van der Waals surface area contributed by atoms with Gasteiger partial charge in [0.05, 0.1) is 11.1 Å². The molecule has 1 aliphatic rings. The number of carbonyl (C=O) groups excluding carboxylic acids is 1. The molecule has 0 fully saturated rings. The molecule has 0 radical (unpaired) electrons. The van der Waals surface area contributed by atoms with Gasteiger partial charge in [0.15, 0.2) is 0 Å². The molecule has 2 aromatic rings. The molecule has 2 N–H and O–H groups in total. The highest BCUT2D eigenvalue weighted by atomic mass is 35.5. The van der Waals surface area contributed by atoms with Crippen LogP contribution in [0.1, 0.15) is 34.5 Å². The topological polar surface area (TPSA) is 56.0 Å². The zero-order valence-corrected chi connectivity index (χ0v) is 10.8. The molecule has 3 rings (SSSR count). The van der Waals surface area contributed by atoms with Crippen molar-refractivity contribution in [1.29, 1.82) is 0 Å². The van der Waals surface area contributed by atoms with Crippen molar-refractivity contribution >= 4 is 29.2 Å².